The van der Waals surface area contributed by atoms with Gasteiger partial charge in [0.1, 0.15) is 0 Å². The minimum Gasteiger partial charge on any atom is -0.316 e. The fourth-order valence-corrected chi connectivity index (χ4v) is 2.49. The molecule has 96 valence electrons. The van der Waals surface area contributed by atoms with Gasteiger partial charge in [0.25, 0.3) is 0 Å². The van der Waals surface area contributed by atoms with Crippen LogP contribution >= 0.6 is 0 Å². The quantitative estimate of drug-likeness (QED) is 0.652. The molecule has 2 nitrogen and oxygen atoms in total. The SMILES string of the molecule is CCCCCC(C)NCC1(C)CCCNC1. The van der Waals surface area contributed by atoms with Gasteiger partial charge in [-0.1, -0.05) is 33.1 Å². The van der Waals surface area contributed by atoms with Crippen molar-refractivity contribution in [1.82, 2.24) is 10.6 Å². The smallest absolute Gasteiger partial charge is 0.00389 e. The predicted molar refractivity (Wildman–Crippen MR) is 71.8 cm³/mol. The third-order valence-corrected chi connectivity index (χ3v) is 3.80. The standard InChI is InChI=1S/C14H30N2/c1-4-5-6-8-13(2)16-12-14(3)9-7-10-15-11-14/h13,15-16H,4-12H2,1-3H3. The van der Waals surface area contributed by atoms with Crippen LogP contribution in [0.4, 0.5) is 0 Å². The van der Waals surface area contributed by atoms with Gasteiger partial charge in [0.05, 0.1) is 0 Å². The lowest BCUT2D eigenvalue weighted by atomic mass is 9.82. The van der Waals surface area contributed by atoms with Gasteiger partial charge in [-0.05, 0) is 38.1 Å². The molecule has 1 rings (SSSR count). The topological polar surface area (TPSA) is 24.1 Å². The Kier molecular flexibility index (Phi) is 6.37. The molecule has 1 aliphatic heterocycles. The van der Waals surface area contributed by atoms with E-state index in [2.05, 4.69) is 31.4 Å². The first-order valence-electron chi connectivity index (χ1n) is 7.10. The van der Waals surface area contributed by atoms with E-state index in [9.17, 15) is 0 Å². The lowest BCUT2D eigenvalue weighted by Gasteiger charge is -2.35. The number of nitrogens with one attached hydrogen (secondary N) is 2. The van der Waals surface area contributed by atoms with Crippen molar-refractivity contribution in [2.24, 2.45) is 5.41 Å². The molecule has 0 aromatic carbocycles. The normalized spacial score (nSPS) is 27.9. The molecule has 0 amide bonds. The second kappa shape index (κ2) is 7.29. The van der Waals surface area contributed by atoms with Crippen LogP contribution in [0.15, 0.2) is 0 Å². The van der Waals surface area contributed by atoms with Gasteiger partial charge in [-0.25, -0.2) is 0 Å². The second-order valence-electron chi connectivity index (χ2n) is 5.87. The summed E-state index contributed by atoms with van der Waals surface area (Å²) in [6.45, 7) is 10.6. The molecule has 0 radical (unpaired) electrons. The Morgan fingerprint density at radius 2 is 2.19 bits per heavy atom. The molecule has 0 bridgehead atoms. The Bertz CT molecular complexity index is 174. The van der Waals surface area contributed by atoms with Crippen molar-refractivity contribution in [3.63, 3.8) is 0 Å². The van der Waals surface area contributed by atoms with Crippen molar-refractivity contribution in [2.75, 3.05) is 19.6 Å². The predicted octanol–water partition coefficient (Wildman–Crippen LogP) is 2.93. The van der Waals surface area contributed by atoms with Crippen molar-refractivity contribution in [1.29, 1.82) is 0 Å². The first-order valence-corrected chi connectivity index (χ1v) is 7.10. The van der Waals surface area contributed by atoms with Crippen LogP contribution in [-0.2, 0) is 0 Å². The first-order chi connectivity index (χ1) is 7.66. The van der Waals surface area contributed by atoms with Gasteiger partial charge in [0.2, 0.25) is 0 Å². The molecular formula is C14H30N2. The fraction of sp³-hybridized carbons (Fsp3) is 1.00. The number of piperidine rings is 1. The van der Waals surface area contributed by atoms with Crippen LogP contribution in [0.3, 0.4) is 0 Å². The average Bonchev–Trinajstić information content (AvgIpc) is 2.28. The van der Waals surface area contributed by atoms with Gasteiger partial charge in [-0.15, -0.1) is 0 Å². The van der Waals surface area contributed by atoms with Crippen molar-refractivity contribution >= 4 is 0 Å². The molecule has 2 unspecified atom stereocenters. The summed E-state index contributed by atoms with van der Waals surface area (Å²) in [6.07, 6.45) is 8.12. The molecule has 1 aliphatic rings. The summed E-state index contributed by atoms with van der Waals surface area (Å²) in [6, 6.07) is 0.685. The van der Waals surface area contributed by atoms with Crippen LogP contribution in [0.5, 0.6) is 0 Å². The summed E-state index contributed by atoms with van der Waals surface area (Å²) in [7, 11) is 0. The van der Waals surface area contributed by atoms with Crippen LogP contribution in [0.25, 0.3) is 0 Å². The summed E-state index contributed by atoms with van der Waals surface area (Å²) >= 11 is 0. The highest BCUT2D eigenvalue weighted by Crippen LogP contribution is 2.24. The van der Waals surface area contributed by atoms with Crippen LogP contribution in [0.2, 0.25) is 0 Å². The van der Waals surface area contributed by atoms with Gasteiger partial charge in [0.15, 0.2) is 0 Å². The zero-order valence-corrected chi connectivity index (χ0v) is 11.4. The van der Waals surface area contributed by atoms with E-state index in [1.807, 2.05) is 0 Å². The Morgan fingerprint density at radius 1 is 1.38 bits per heavy atom. The van der Waals surface area contributed by atoms with E-state index in [4.69, 9.17) is 0 Å². The number of unbranched alkanes of at least 4 members (excludes halogenated alkanes) is 2. The van der Waals surface area contributed by atoms with Crippen LogP contribution < -0.4 is 10.6 Å². The van der Waals surface area contributed by atoms with E-state index in [1.54, 1.807) is 0 Å². The van der Waals surface area contributed by atoms with E-state index in [0.717, 1.165) is 0 Å². The number of hydrogen-bond acceptors (Lipinski definition) is 2. The third-order valence-electron chi connectivity index (χ3n) is 3.80. The highest BCUT2D eigenvalue weighted by atomic mass is 15.0. The highest BCUT2D eigenvalue weighted by Gasteiger charge is 2.26. The van der Waals surface area contributed by atoms with Crippen LogP contribution in [0, 0.1) is 5.41 Å². The van der Waals surface area contributed by atoms with Crippen molar-refractivity contribution in [3.05, 3.63) is 0 Å². The summed E-state index contributed by atoms with van der Waals surface area (Å²) in [5.41, 5.74) is 0.483. The second-order valence-corrected chi connectivity index (χ2v) is 5.87. The van der Waals surface area contributed by atoms with Gasteiger partial charge in [-0.3, -0.25) is 0 Å². The lowest BCUT2D eigenvalue weighted by Crippen LogP contribution is -2.46. The highest BCUT2D eigenvalue weighted by molar-refractivity contribution is 4.84. The molecule has 0 spiro atoms. The van der Waals surface area contributed by atoms with Gasteiger partial charge in [-0.2, -0.15) is 0 Å². The molecule has 1 fully saturated rings. The molecule has 2 N–H and O–H groups in total. The van der Waals surface area contributed by atoms with Gasteiger partial charge in [0, 0.05) is 19.1 Å². The summed E-state index contributed by atoms with van der Waals surface area (Å²) in [5, 5.41) is 7.22. The molecule has 0 aliphatic carbocycles. The van der Waals surface area contributed by atoms with Gasteiger partial charge >= 0.3 is 0 Å². The molecular weight excluding hydrogens is 196 g/mol. The maximum Gasteiger partial charge on any atom is 0.00389 e. The number of hydrogen-bond donors (Lipinski definition) is 2. The third kappa shape index (κ3) is 5.31. The lowest BCUT2D eigenvalue weighted by molar-refractivity contribution is 0.218. The molecule has 2 heteroatoms. The van der Waals surface area contributed by atoms with E-state index < -0.39 is 0 Å². The molecule has 2 atom stereocenters. The molecule has 0 aromatic heterocycles. The average molecular weight is 226 g/mol. The zero-order chi connectivity index (χ0) is 11.9. The molecule has 16 heavy (non-hydrogen) atoms. The van der Waals surface area contributed by atoms with Crippen molar-refractivity contribution in [3.8, 4) is 0 Å². The number of rotatable bonds is 7. The monoisotopic (exact) mass is 226 g/mol. The van der Waals surface area contributed by atoms with Crippen molar-refractivity contribution in [2.45, 2.75) is 65.3 Å². The van der Waals surface area contributed by atoms with Crippen molar-refractivity contribution < 1.29 is 0 Å². The fourth-order valence-electron chi connectivity index (χ4n) is 2.49. The van der Waals surface area contributed by atoms with Crippen LogP contribution in [-0.4, -0.2) is 25.7 Å². The van der Waals surface area contributed by atoms with E-state index >= 15 is 0 Å². The Balaban J connectivity index is 2.12. The maximum atomic E-state index is 3.71. The zero-order valence-electron chi connectivity index (χ0n) is 11.4. The molecule has 1 heterocycles. The summed E-state index contributed by atoms with van der Waals surface area (Å²) < 4.78 is 0. The Labute approximate surface area is 102 Å². The summed E-state index contributed by atoms with van der Waals surface area (Å²) in [5.74, 6) is 0. The molecule has 0 saturated carbocycles. The van der Waals surface area contributed by atoms with Crippen LogP contribution in [0.1, 0.15) is 59.3 Å². The summed E-state index contributed by atoms with van der Waals surface area (Å²) in [4.78, 5) is 0. The van der Waals surface area contributed by atoms with Gasteiger partial charge < -0.3 is 10.6 Å². The van der Waals surface area contributed by atoms with E-state index in [-0.39, 0.29) is 0 Å². The molecule has 0 aromatic rings. The Hall–Kier alpha value is -0.0800. The van der Waals surface area contributed by atoms with E-state index in [1.165, 1.54) is 58.2 Å². The first kappa shape index (κ1) is 14.0. The molecule has 1 saturated heterocycles. The minimum absolute atomic E-state index is 0.483. The van der Waals surface area contributed by atoms with E-state index in [0.29, 0.717) is 11.5 Å². The largest absolute Gasteiger partial charge is 0.316 e. The Morgan fingerprint density at radius 3 is 2.81 bits per heavy atom. The minimum atomic E-state index is 0.483. The maximum absolute atomic E-state index is 3.71.